The number of para-hydroxylation sites is 1. The first-order valence-corrected chi connectivity index (χ1v) is 6.46. The van der Waals surface area contributed by atoms with Crippen molar-refractivity contribution in [1.82, 2.24) is 14.9 Å². The van der Waals surface area contributed by atoms with E-state index in [1.54, 1.807) is 36.5 Å². The zero-order valence-electron chi connectivity index (χ0n) is 11.5. The smallest absolute Gasteiger partial charge is 0.256 e. The Morgan fingerprint density at radius 1 is 1.30 bits per heavy atom. The molecule has 0 aliphatic carbocycles. The van der Waals surface area contributed by atoms with Crippen LogP contribution in [0.3, 0.4) is 0 Å². The van der Waals surface area contributed by atoms with E-state index in [0.717, 1.165) is 0 Å². The standard InChI is InChI=1S/C14H18N4O2/c1-20-10-9-18(8-5-15)14(19)11-3-2-4-12-13(11)17-7-6-16-12/h2-4,6-7H,5,8-10,15H2,1H3. The Balaban J connectivity index is 2.33. The van der Waals surface area contributed by atoms with Crippen molar-refractivity contribution in [1.29, 1.82) is 0 Å². The number of ether oxygens (including phenoxy) is 1. The summed E-state index contributed by atoms with van der Waals surface area (Å²) in [6.45, 7) is 1.87. The normalized spacial score (nSPS) is 10.7. The molecule has 1 aromatic carbocycles. The molecule has 0 aliphatic heterocycles. The summed E-state index contributed by atoms with van der Waals surface area (Å²) < 4.78 is 5.03. The number of carbonyl (C=O) groups excluding carboxylic acids is 1. The summed E-state index contributed by atoms with van der Waals surface area (Å²) in [6.07, 6.45) is 3.20. The van der Waals surface area contributed by atoms with Crippen molar-refractivity contribution >= 4 is 16.9 Å². The van der Waals surface area contributed by atoms with E-state index in [0.29, 0.717) is 42.8 Å². The summed E-state index contributed by atoms with van der Waals surface area (Å²) in [4.78, 5) is 22.7. The highest BCUT2D eigenvalue weighted by atomic mass is 16.5. The maximum atomic E-state index is 12.6. The van der Waals surface area contributed by atoms with E-state index < -0.39 is 0 Å². The first-order valence-electron chi connectivity index (χ1n) is 6.46. The first kappa shape index (κ1) is 14.4. The zero-order chi connectivity index (χ0) is 14.4. The van der Waals surface area contributed by atoms with E-state index in [1.807, 2.05) is 6.07 Å². The number of aromatic nitrogens is 2. The first-order chi connectivity index (χ1) is 9.77. The van der Waals surface area contributed by atoms with Crippen LogP contribution < -0.4 is 5.73 Å². The third kappa shape index (κ3) is 3.09. The van der Waals surface area contributed by atoms with Gasteiger partial charge < -0.3 is 15.4 Å². The van der Waals surface area contributed by atoms with Gasteiger partial charge in [-0.1, -0.05) is 6.07 Å². The van der Waals surface area contributed by atoms with Crippen LogP contribution in [0.4, 0.5) is 0 Å². The number of carbonyl (C=O) groups is 1. The fraction of sp³-hybridized carbons (Fsp3) is 0.357. The molecule has 0 unspecified atom stereocenters. The van der Waals surface area contributed by atoms with Crippen molar-refractivity contribution in [2.24, 2.45) is 5.73 Å². The molecule has 6 nitrogen and oxygen atoms in total. The van der Waals surface area contributed by atoms with Gasteiger partial charge in [0.2, 0.25) is 0 Å². The summed E-state index contributed by atoms with van der Waals surface area (Å²) in [5.41, 5.74) is 7.43. The molecule has 6 heteroatoms. The quantitative estimate of drug-likeness (QED) is 0.837. The second-order valence-corrected chi connectivity index (χ2v) is 4.30. The van der Waals surface area contributed by atoms with Crippen LogP contribution in [0.5, 0.6) is 0 Å². The van der Waals surface area contributed by atoms with E-state index in [9.17, 15) is 4.79 Å². The largest absolute Gasteiger partial charge is 0.383 e. The molecule has 0 saturated heterocycles. The lowest BCUT2D eigenvalue weighted by Crippen LogP contribution is -2.37. The monoisotopic (exact) mass is 274 g/mol. The Labute approximate surface area is 117 Å². The molecule has 20 heavy (non-hydrogen) atoms. The third-order valence-electron chi connectivity index (χ3n) is 2.98. The van der Waals surface area contributed by atoms with E-state index in [1.165, 1.54) is 0 Å². The summed E-state index contributed by atoms with van der Waals surface area (Å²) in [5.74, 6) is -0.0985. The van der Waals surface area contributed by atoms with E-state index >= 15 is 0 Å². The number of amides is 1. The Hall–Kier alpha value is -2.05. The van der Waals surface area contributed by atoms with Gasteiger partial charge in [0.05, 0.1) is 17.7 Å². The van der Waals surface area contributed by atoms with Gasteiger partial charge in [0.25, 0.3) is 5.91 Å². The van der Waals surface area contributed by atoms with Crippen LogP contribution in [0.15, 0.2) is 30.6 Å². The van der Waals surface area contributed by atoms with Gasteiger partial charge in [0, 0.05) is 39.1 Å². The number of hydrogen-bond donors (Lipinski definition) is 1. The Morgan fingerprint density at radius 2 is 2.10 bits per heavy atom. The zero-order valence-corrected chi connectivity index (χ0v) is 11.5. The molecule has 1 amide bonds. The number of hydrogen-bond acceptors (Lipinski definition) is 5. The molecule has 2 aromatic rings. The summed E-state index contributed by atoms with van der Waals surface area (Å²) in [6, 6.07) is 5.40. The fourth-order valence-corrected chi connectivity index (χ4v) is 2.01. The molecule has 1 heterocycles. The van der Waals surface area contributed by atoms with Gasteiger partial charge in [-0.05, 0) is 12.1 Å². The predicted octanol–water partition coefficient (Wildman–Crippen LogP) is 0.677. The molecule has 0 spiro atoms. The molecule has 0 atom stereocenters. The molecule has 2 rings (SSSR count). The topological polar surface area (TPSA) is 81.3 Å². The van der Waals surface area contributed by atoms with Crippen molar-refractivity contribution in [3.8, 4) is 0 Å². The van der Waals surface area contributed by atoms with Crippen LogP contribution in [0.25, 0.3) is 11.0 Å². The lowest BCUT2D eigenvalue weighted by Gasteiger charge is -2.22. The van der Waals surface area contributed by atoms with Crippen LogP contribution in [0.1, 0.15) is 10.4 Å². The minimum absolute atomic E-state index is 0.0985. The molecule has 0 aliphatic rings. The van der Waals surface area contributed by atoms with Crippen molar-refractivity contribution < 1.29 is 9.53 Å². The molecule has 1 aromatic heterocycles. The van der Waals surface area contributed by atoms with Gasteiger partial charge in [-0.3, -0.25) is 14.8 Å². The lowest BCUT2D eigenvalue weighted by atomic mass is 10.1. The maximum Gasteiger partial charge on any atom is 0.256 e. The van der Waals surface area contributed by atoms with Crippen molar-refractivity contribution in [3.05, 3.63) is 36.2 Å². The fourth-order valence-electron chi connectivity index (χ4n) is 2.01. The van der Waals surface area contributed by atoms with Crippen LogP contribution >= 0.6 is 0 Å². The Bertz CT molecular complexity index is 583. The van der Waals surface area contributed by atoms with E-state index in [4.69, 9.17) is 10.5 Å². The number of nitrogens with zero attached hydrogens (tertiary/aromatic N) is 3. The molecule has 0 radical (unpaired) electrons. The van der Waals surface area contributed by atoms with Crippen LogP contribution in [-0.4, -0.2) is 54.1 Å². The molecular weight excluding hydrogens is 256 g/mol. The number of benzene rings is 1. The average molecular weight is 274 g/mol. The van der Waals surface area contributed by atoms with E-state index in [-0.39, 0.29) is 5.91 Å². The number of fused-ring (bicyclic) bond motifs is 1. The molecule has 2 N–H and O–H groups in total. The van der Waals surface area contributed by atoms with Crippen LogP contribution in [0.2, 0.25) is 0 Å². The second-order valence-electron chi connectivity index (χ2n) is 4.30. The highest BCUT2D eigenvalue weighted by molar-refractivity contribution is 6.04. The highest BCUT2D eigenvalue weighted by Crippen LogP contribution is 2.15. The Kier molecular flexibility index (Phi) is 4.97. The van der Waals surface area contributed by atoms with Gasteiger partial charge in [0.15, 0.2) is 0 Å². The maximum absolute atomic E-state index is 12.6. The molecule has 0 bridgehead atoms. The summed E-state index contributed by atoms with van der Waals surface area (Å²) in [7, 11) is 1.61. The SMILES string of the molecule is COCCN(CCN)C(=O)c1cccc2nccnc12. The van der Waals surface area contributed by atoms with Crippen LogP contribution in [0, 0.1) is 0 Å². The number of rotatable bonds is 6. The minimum Gasteiger partial charge on any atom is -0.383 e. The molecular formula is C14H18N4O2. The van der Waals surface area contributed by atoms with Gasteiger partial charge in [-0.2, -0.15) is 0 Å². The van der Waals surface area contributed by atoms with Crippen molar-refractivity contribution in [3.63, 3.8) is 0 Å². The highest BCUT2D eigenvalue weighted by Gasteiger charge is 2.18. The summed E-state index contributed by atoms with van der Waals surface area (Å²) >= 11 is 0. The van der Waals surface area contributed by atoms with Gasteiger partial charge >= 0.3 is 0 Å². The number of methoxy groups -OCH3 is 1. The third-order valence-corrected chi connectivity index (χ3v) is 2.98. The lowest BCUT2D eigenvalue weighted by molar-refractivity contribution is 0.0703. The number of nitrogens with two attached hydrogens (primary N) is 1. The van der Waals surface area contributed by atoms with Crippen molar-refractivity contribution in [2.45, 2.75) is 0 Å². The molecule has 0 saturated carbocycles. The van der Waals surface area contributed by atoms with Gasteiger partial charge in [-0.25, -0.2) is 0 Å². The van der Waals surface area contributed by atoms with E-state index in [2.05, 4.69) is 9.97 Å². The second kappa shape index (κ2) is 6.93. The average Bonchev–Trinajstić information content (AvgIpc) is 2.50. The van der Waals surface area contributed by atoms with Gasteiger partial charge in [0.1, 0.15) is 5.52 Å². The Morgan fingerprint density at radius 3 is 2.85 bits per heavy atom. The molecule has 106 valence electrons. The predicted molar refractivity (Wildman–Crippen MR) is 76.4 cm³/mol. The minimum atomic E-state index is -0.0985. The van der Waals surface area contributed by atoms with Gasteiger partial charge in [-0.15, -0.1) is 0 Å². The molecule has 0 fully saturated rings. The summed E-state index contributed by atoms with van der Waals surface area (Å²) in [5, 5.41) is 0. The van der Waals surface area contributed by atoms with Crippen molar-refractivity contribution in [2.75, 3.05) is 33.4 Å². The van der Waals surface area contributed by atoms with Crippen LogP contribution in [-0.2, 0) is 4.74 Å².